The van der Waals surface area contributed by atoms with Gasteiger partial charge in [-0.2, -0.15) is 0 Å². The van der Waals surface area contributed by atoms with Crippen molar-refractivity contribution in [3.8, 4) is 5.75 Å². The monoisotopic (exact) mass is 466 g/mol. The van der Waals surface area contributed by atoms with Crippen LogP contribution in [-0.4, -0.2) is 72.6 Å². The topological polar surface area (TPSA) is 114 Å². The van der Waals surface area contributed by atoms with Gasteiger partial charge in [0.25, 0.3) is 5.91 Å². The van der Waals surface area contributed by atoms with E-state index in [-0.39, 0.29) is 50.1 Å². The van der Waals surface area contributed by atoms with Crippen LogP contribution in [0.3, 0.4) is 0 Å². The van der Waals surface area contributed by atoms with Gasteiger partial charge >= 0.3 is 6.09 Å². The molecule has 2 aliphatic rings. The van der Waals surface area contributed by atoms with Crippen molar-refractivity contribution >= 4 is 17.9 Å². The van der Waals surface area contributed by atoms with Gasteiger partial charge in [0.2, 0.25) is 5.91 Å². The van der Waals surface area contributed by atoms with E-state index in [2.05, 4.69) is 5.32 Å². The molecule has 2 bridgehead atoms. The summed E-state index contributed by atoms with van der Waals surface area (Å²) < 4.78 is 11.3. The fourth-order valence-corrected chi connectivity index (χ4v) is 4.30. The summed E-state index contributed by atoms with van der Waals surface area (Å²) in [6.07, 6.45) is 0.138. The zero-order valence-corrected chi connectivity index (χ0v) is 19.2. The largest absolute Gasteiger partial charge is 0.491 e. The van der Waals surface area contributed by atoms with Gasteiger partial charge in [-0.05, 0) is 36.6 Å². The summed E-state index contributed by atoms with van der Waals surface area (Å²) in [7, 11) is 1.67. The summed E-state index contributed by atoms with van der Waals surface area (Å²) in [4.78, 5) is 42.1. The lowest BCUT2D eigenvalue weighted by molar-refractivity contribution is -0.135. The number of rotatable bonds is 3. The normalized spacial score (nSPS) is 23.2. The summed E-state index contributed by atoms with van der Waals surface area (Å²) in [5.74, 6) is 0.112. The molecule has 0 aliphatic carbocycles. The number of alkyl carbamates (subject to hydrolysis) is 1. The molecule has 0 radical (unpaired) electrons. The molecule has 0 spiro atoms. The van der Waals surface area contributed by atoms with Crippen LogP contribution in [0.25, 0.3) is 0 Å². The Morgan fingerprint density at radius 2 is 1.97 bits per heavy atom. The lowest BCUT2D eigenvalue weighted by Crippen LogP contribution is -2.52. The molecule has 0 aromatic heterocycles. The van der Waals surface area contributed by atoms with Gasteiger partial charge in [-0.1, -0.05) is 36.4 Å². The highest BCUT2D eigenvalue weighted by molar-refractivity contribution is 5.94. The fourth-order valence-electron chi connectivity index (χ4n) is 4.30. The van der Waals surface area contributed by atoms with Gasteiger partial charge in [-0.3, -0.25) is 9.59 Å². The van der Waals surface area contributed by atoms with Gasteiger partial charge < -0.3 is 30.3 Å². The highest BCUT2D eigenvalue weighted by atomic mass is 16.5. The van der Waals surface area contributed by atoms with Crippen LogP contribution in [0.5, 0.6) is 5.75 Å². The highest BCUT2D eigenvalue weighted by Crippen LogP contribution is 2.22. The Bertz CT molecular complexity index is 1030. The Morgan fingerprint density at radius 3 is 2.76 bits per heavy atom. The maximum absolute atomic E-state index is 13.5. The third-order valence-electron chi connectivity index (χ3n) is 6.16. The molecule has 1 fully saturated rings. The lowest BCUT2D eigenvalue weighted by atomic mass is 10.1. The molecule has 34 heavy (non-hydrogen) atoms. The number of ether oxygens (including phenoxy) is 2. The summed E-state index contributed by atoms with van der Waals surface area (Å²) in [5.41, 5.74) is 7.51. The molecule has 2 aromatic rings. The van der Waals surface area contributed by atoms with Crippen molar-refractivity contribution in [2.75, 3.05) is 26.7 Å². The van der Waals surface area contributed by atoms with Gasteiger partial charge in [-0.15, -0.1) is 0 Å². The molecular formula is C25H30N4O5. The molecule has 9 heteroatoms. The fraction of sp³-hybridized carbons (Fsp3) is 0.400. The Labute approximate surface area is 198 Å². The number of carbonyl (C=O) groups excluding carboxylic acids is 3. The van der Waals surface area contributed by atoms with E-state index in [1.807, 2.05) is 30.3 Å². The minimum Gasteiger partial charge on any atom is -0.491 e. The van der Waals surface area contributed by atoms with Crippen molar-refractivity contribution in [2.45, 2.75) is 37.6 Å². The first-order chi connectivity index (χ1) is 16.4. The molecule has 4 rings (SSSR count). The van der Waals surface area contributed by atoms with E-state index in [1.54, 1.807) is 36.2 Å². The number of amides is 3. The van der Waals surface area contributed by atoms with Crippen molar-refractivity contribution in [3.05, 3.63) is 65.7 Å². The second-order valence-corrected chi connectivity index (χ2v) is 8.75. The van der Waals surface area contributed by atoms with E-state index in [0.717, 1.165) is 5.56 Å². The van der Waals surface area contributed by atoms with Crippen molar-refractivity contribution < 1.29 is 23.9 Å². The average molecular weight is 467 g/mol. The number of nitrogens with zero attached hydrogens (tertiary/aromatic N) is 2. The third kappa shape index (κ3) is 5.66. The van der Waals surface area contributed by atoms with Crippen LogP contribution in [0.2, 0.25) is 0 Å². The van der Waals surface area contributed by atoms with E-state index in [0.29, 0.717) is 24.3 Å². The predicted molar refractivity (Wildman–Crippen MR) is 125 cm³/mol. The quantitative estimate of drug-likeness (QED) is 0.713. The number of fused-ring (bicyclic) bond motifs is 3. The number of benzene rings is 2. The minimum atomic E-state index is -0.866. The Kier molecular flexibility index (Phi) is 7.32. The molecule has 9 nitrogen and oxygen atoms in total. The average Bonchev–Trinajstić information content (AvgIpc) is 3.23. The van der Waals surface area contributed by atoms with Crippen LogP contribution in [0, 0.1) is 0 Å². The molecule has 3 amide bonds. The molecule has 2 aliphatic heterocycles. The SMILES string of the molecule is CN1CC[C@H](NC(=O)OCc2ccccc2)C(=O)N2C[C@@H](N)C[C@H]2COc2cccc(c2)C1=O. The zero-order valence-electron chi connectivity index (χ0n) is 19.2. The van der Waals surface area contributed by atoms with Crippen molar-refractivity contribution in [2.24, 2.45) is 5.73 Å². The second-order valence-electron chi connectivity index (χ2n) is 8.75. The van der Waals surface area contributed by atoms with Gasteiger partial charge in [0.15, 0.2) is 0 Å². The molecule has 3 N–H and O–H groups in total. The smallest absolute Gasteiger partial charge is 0.408 e. The number of hydrogen-bond donors (Lipinski definition) is 2. The molecule has 2 aromatic carbocycles. The Morgan fingerprint density at radius 1 is 1.18 bits per heavy atom. The number of nitrogens with two attached hydrogens (primary N) is 1. The molecule has 3 atom stereocenters. The Hall–Kier alpha value is -3.59. The molecule has 2 heterocycles. The summed E-state index contributed by atoms with van der Waals surface area (Å²) in [6, 6.07) is 15.0. The van der Waals surface area contributed by atoms with Crippen LogP contribution in [0.1, 0.15) is 28.8 Å². The highest BCUT2D eigenvalue weighted by Gasteiger charge is 2.38. The van der Waals surface area contributed by atoms with E-state index in [1.165, 1.54) is 4.90 Å². The lowest BCUT2D eigenvalue weighted by Gasteiger charge is -2.29. The van der Waals surface area contributed by atoms with Gasteiger partial charge in [0.1, 0.15) is 25.0 Å². The van der Waals surface area contributed by atoms with Crippen molar-refractivity contribution in [1.29, 1.82) is 0 Å². The van der Waals surface area contributed by atoms with E-state index >= 15 is 0 Å². The van der Waals surface area contributed by atoms with E-state index < -0.39 is 12.1 Å². The summed E-state index contributed by atoms with van der Waals surface area (Å²) in [5, 5.41) is 2.70. The van der Waals surface area contributed by atoms with Crippen LogP contribution in [0.15, 0.2) is 54.6 Å². The number of nitrogens with one attached hydrogen (secondary N) is 1. The van der Waals surface area contributed by atoms with Crippen LogP contribution < -0.4 is 15.8 Å². The Balaban J connectivity index is 1.52. The van der Waals surface area contributed by atoms with Gasteiger partial charge in [-0.25, -0.2) is 4.79 Å². The first-order valence-corrected chi connectivity index (χ1v) is 11.4. The van der Waals surface area contributed by atoms with Crippen LogP contribution in [-0.2, 0) is 16.1 Å². The van der Waals surface area contributed by atoms with Gasteiger partial charge in [0.05, 0.1) is 6.04 Å². The maximum Gasteiger partial charge on any atom is 0.408 e. The van der Waals surface area contributed by atoms with E-state index in [9.17, 15) is 14.4 Å². The minimum absolute atomic E-state index is 0.0899. The maximum atomic E-state index is 13.5. The van der Waals surface area contributed by atoms with Crippen molar-refractivity contribution in [1.82, 2.24) is 15.1 Å². The van der Waals surface area contributed by atoms with E-state index in [4.69, 9.17) is 15.2 Å². The molecular weight excluding hydrogens is 436 g/mol. The first kappa shape index (κ1) is 23.6. The van der Waals surface area contributed by atoms with Crippen molar-refractivity contribution in [3.63, 3.8) is 0 Å². The predicted octanol–water partition coefficient (Wildman–Crippen LogP) is 1.76. The molecule has 180 valence electrons. The molecule has 1 saturated heterocycles. The molecule has 0 saturated carbocycles. The first-order valence-electron chi connectivity index (χ1n) is 11.4. The summed E-state index contributed by atoms with van der Waals surface area (Å²) in [6.45, 7) is 0.980. The van der Waals surface area contributed by atoms with Crippen LogP contribution in [0.4, 0.5) is 4.79 Å². The number of carbonyl (C=O) groups is 3. The second kappa shape index (κ2) is 10.6. The third-order valence-corrected chi connectivity index (χ3v) is 6.16. The molecule has 0 unspecified atom stereocenters. The standard InChI is InChI=1S/C25H30N4O5/c1-28-11-10-22(27-25(32)34-15-17-6-3-2-4-7-17)24(31)29-14-19(26)13-20(29)16-33-21-9-5-8-18(12-21)23(28)30/h2-9,12,19-20,22H,10-11,13-16,26H2,1H3,(H,27,32)/t19-,20-,22-/m0/s1. The van der Waals surface area contributed by atoms with Gasteiger partial charge in [0, 0.05) is 31.7 Å². The summed E-state index contributed by atoms with van der Waals surface area (Å²) >= 11 is 0. The zero-order chi connectivity index (χ0) is 24.1. The number of hydrogen-bond acceptors (Lipinski definition) is 6. The van der Waals surface area contributed by atoms with Crippen LogP contribution >= 0.6 is 0 Å².